The molecule has 118 valence electrons. The van der Waals surface area contributed by atoms with E-state index < -0.39 is 0 Å². The van der Waals surface area contributed by atoms with E-state index in [0.717, 1.165) is 23.7 Å². The quantitative estimate of drug-likeness (QED) is 0.752. The van der Waals surface area contributed by atoms with E-state index in [0.29, 0.717) is 11.8 Å². The highest BCUT2D eigenvalue weighted by atomic mass is 79.9. The monoisotopic (exact) mass is 392 g/mol. The van der Waals surface area contributed by atoms with Crippen molar-refractivity contribution in [2.75, 3.05) is 6.54 Å². The Morgan fingerprint density at radius 1 is 1.43 bits per heavy atom. The summed E-state index contributed by atoms with van der Waals surface area (Å²) in [7, 11) is 0. The number of amides is 1. The summed E-state index contributed by atoms with van der Waals surface area (Å²) >= 11 is 5.20. The van der Waals surface area contributed by atoms with Crippen molar-refractivity contribution in [3.05, 3.63) is 28.7 Å². The van der Waals surface area contributed by atoms with Crippen molar-refractivity contribution < 1.29 is 4.79 Å². The molecule has 0 heterocycles. The lowest BCUT2D eigenvalue weighted by atomic mass is 10.1. The fourth-order valence-electron chi connectivity index (χ4n) is 2.43. The van der Waals surface area contributed by atoms with Crippen molar-refractivity contribution in [3.8, 4) is 0 Å². The number of rotatable bonds is 5. The molecule has 6 heteroatoms. The fourth-order valence-corrected chi connectivity index (χ4v) is 3.62. The lowest BCUT2D eigenvalue weighted by Crippen LogP contribution is -2.34. The van der Waals surface area contributed by atoms with Gasteiger partial charge in [-0.3, -0.25) is 4.79 Å². The van der Waals surface area contributed by atoms with Crippen LogP contribution in [0.4, 0.5) is 0 Å². The van der Waals surface area contributed by atoms with Crippen LogP contribution < -0.4 is 11.1 Å². The molecular weight excluding hydrogens is 372 g/mol. The summed E-state index contributed by atoms with van der Waals surface area (Å²) < 4.78 is 1.08. The number of halogens is 2. The minimum Gasteiger partial charge on any atom is -0.355 e. The fraction of sp³-hybridized carbons (Fsp3) is 0.533. The Balaban J connectivity index is 0.00000220. The number of hydrogen-bond acceptors (Lipinski definition) is 3. The molecule has 2 rings (SSSR count). The maximum Gasteiger partial charge on any atom is 0.223 e. The predicted octanol–water partition coefficient (Wildman–Crippen LogP) is 3.60. The van der Waals surface area contributed by atoms with Gasteiger partial charge in [0.25, 0.3) is 0 Å². The first-order valence-corrected chi connectivity index (χ1v) is 8.67. The molecule has 0 radical (unpaired) electrons. The van der Waals surface area contributed by atoms with Gasteiger partial charge >= 0.3 is 0 Å². The Kier molecular flexibility index (Phi) is 8.09. The zero-order valence-electron chi connectivity index (χ0n) is 12.0. The van der Waals surface area contributed by atoms with Gasteiger partial charge in [-0.15, -0.1) is 24.2 Å². The van der Waals surface area contributed by atoms with E-state index >= 15 is 0 Å². The van der Waals surface area contributed by atoms with Crippen molar-refractivity contribution >= 4 is 46.0 Å². The third-order valence-electron chi connectivity index (χ3n) is 3.56. The predicted molar refractivity (Wildman–Crippen MR) is 95.0 cm³/mol. The molecular formula is C15H22BrClN2OS. The lowest BCUT2D eigenvalue weighted by molar-refractivity contribution is -0.124. The van der Waals surface area contributed by atoms with Gasteiger partial charge in [-0.1, -0.05) is 22.9 Å². The van der Waals surface area contributed by atoms with Gasteiger partial charge in [0.2, 0.25) is 5.91 Å². The second-order valence-corrected chi connectivity index (χ2v) is 7.83. The highest BCUT2D eigenvalue weighted by Gasteiger charge is 2.27. The molecule has 0 bridgehead atoms. The van der Waals surface area contributed by atoms with Crippen molar-refractivity contribution in [3.63, 3.8) is 0 Å². The van der Waals surface area contributed by atoms with Gasteiger partial charge < -0.3 is 11.1 Å². The van der Waals surface area contributed by atoms with E-state index in [1.807, 2.05) is 12.1 Å². The van der Waals surface area contributed by atoms with E-state index in [-0.39, 0.29) is 30.3 Å². The molecule has 21 heavy (non-hydrogen) atoms. The molecule has 1 saturated carbocycles. The third kappa shape index (κ3) is 6.19. The summed E-state index contributed by atoms with van der Waals surface area (Å²) in [6.45, 7) is 2.83. The summed E-state index contributed by atoms with van der Waals surface area (Å²) in [6.07, 6.45) is 2.74. The summed E-state index contributed by atoms with van der Waals surface area (Å²) in [5, 5.41) is 3.41. The van der Waals surface area contributed by atoms with Crippen LogP contribution >= 0.6 is 40.1 Å². The number of hydrogen-bond donors (Lipinski definition) is 2. The Morgan fingerprint density at radius 2 is 2.10 bits per heavy atom. The molecule has 1 aliphatic carbocycles. The van der Waals surface area contributed by atoms with Crippen LogP contribution in [-0.4, -0.2) is 23.7 Å². The number of carbonyl (C=O) groups excluding carboxylic acids is 1. The molecule has 3 nitrogen and oxygen atoms in total. The Bertz CT molecular complexity index is 457. The number of benzene rings is 1. The molecule has 1 aromatic rings. The summed E-state index contributed by atoms with van der Waals surface area (Å²) in [5.41, 5.74) is 5.85. The van der Waals surface area contributed by atoms with E-state index in [9.17, 15) is 4.79 Å². The van der Waals surface area contributed by atoms with Crippen LogP contribution in [0.2, 0.25) is 0 Å². The summed E-state index contributed by atoms with van der Waals surface area (Å²) in [4.78, 5) is 13.2. The molecule has 0 spiro atoms. The van der Waals surface area contributed by atoms with Crippen LogP contribution in [0.1, 0.15) is 26.2 Å². The van der Waals surface area contributed by atoms with Gasteiger partial charge in [0, 0.05) is 33.1 Å². The number of nitrogens with two attached hydrogens (primary N) is 1. The van der Waals surface area contributed by atoms with Gasteiger partial charge in [-0.2, -0.15) is 0 Å². The standard InChI is InChI=1S/C15H21BrN2OS.ClH/c1-10(20-14-6-3-12(16)4-7-14)9-18-15(19)11-2-5-13(17)8-11;/h3-4,6-7,10-11,13H,2,5,8-9,17H2,1H3,(H,18,19);1H. The van der Waals surface area contributed by atoms with Crippen molar-refractivity contribution in [1.29, 1.82) is 0 Å². The zero-order valence-corrected chi connectivity index (χ0v) is 15.3. The largest absolute Gasteiger partial charge is 0.355 e. The molecule has 0 aromatic heterocycles. The molecule has 3 unspecified atom stereocenters. The summed E-state index contributed by atoms with van der Waals surface area (Å²) in [5.74, 6) is 0.288. The van der Waals surface area contributed by atoms with Crippen LogP contribution in [-0.2, 0) is 4.79 Å². The van der Waals surface area contributed by atoms with Gasteiger partial charge in [-0.25, -0.2) is 0 Å². The van der Waals surface area contributed by atoms with Gasteiger partial charge in [-0.05, 0) is 43.5 Å². The van der Waals surface area contributed by atoms with Crippen molar-refractivity contribution in [2.24, 2.45) is 11.7 Å². The minimum absolute atomic E-state index is 0. The zero-order chi connectivity index (χ0) is 14.5. The Labute approximate surface area is 145 Å². The number of nitrogens with one attached hydrogen (secondary N) is 1. The first-order valence-electron chi connectivity index (χ1n) is 7.00. The Morgan fingerprint density at radius 3 is 2.67 bits per heavy atom. The first-order chi connectivity index (χ1) is 9.54. The highest BCUT2D eigenvalue weighted by molar-refractivity contribution is 9.10. The first kappa shape index (κ1) is 18.8. The molecule has 1 aromatic carbocycles. The normalized spacial score (nSPS) is 22.4. The van der Waals surface area contributed by atoms with E-state index in [1.165, 1.54) is 4.90 Å². The molecule has 0 saturated heterocycles. The van der Waals surface area contributed by atoms with Crippen molar-refractivity contribution in [2.45, 2.75) is 42.4 Å². The second-order valence-electron chi connectivity index (χ2n) is 5.40. The molecule has 3 N–H and O–H groups in total. The number of carbonyl (C=O) groups is 1. The number of thioether (sulfide) groups is 1. The summed E-state index contributed by atoms with van der Waals surface area (Å²) in [6, 6.07) is 8.45. The minimum atomic E-state index is 0. The van der Waals surface area contributed by atoms with Crippen LogP contribution in [0, 0.1) is 5.92 Å². The molecule has 1 amide bonds. The van der Waals surface area contributed by atoms with Crippen molar-refractivity contribution in [1.82, 2.24) is 5.32 Å². The average Bonchev–Trinajstić information content (AvgIpc) is 2.85. The molecule has 1 fully saturated rings. The topological polar surface area (TPSA) is 55.1 Å². The highest BCUT2D eigenvalue weighted by Crippen LogP contribution is 2.26. The smallest absolute Gasteiger partial charge is 0.223 e. The molecule has 1 aliphatic rings. The van der Waals surface area contributed by atoms with Crippen LogP contribution in [0.3, 0.4) is 0 Å². The van der Waals surface area contributed by atoms with E-state index in [1.54, 1.807) is 11.8 Å². The van der Waals surface area contributed by atoms with Crippen LogP contribution in [0.5, 0.6) is 0 Å². The second kappa shape index (κ2) is 9.03. The lowest BCUT2D eigenvalue weighted by Gasteiger charge is -2.15. The Hall–Kier alpha value is -0.230. The average molecular weight is 394 g/mol. The third-order valence-corrected chi connectivity index (χ3v) is 5.20. The maximum atomic E-state index is 12.0. The van der Waals surface area contributed by atoms with Gasteiger partial charge in [0.1, 0.15) is 0 Å². The van der Waals surface area contributed by atoms with E-state index in [2.05, 4.69) is 40.3 Å². The van der Waals surface area contributed by atoms with Gasteiger partial charge in [0.05, 0.1) is 0 Å². The molecule has 0 aliphatic heterocycles. The SMILES string of the molecule is CC(CNC(=O)C1CCC(N)C1)Sc1ccc(Br)cc1.Cl. The molecule has 3 atom stereocenters. The maximum absolute atomic E-state index is 12.0. The van der Waals surface area contributed by atoms with Crippen LogP contribution in [0.15, 0.2) is 33.6 Å². The van der Waals surface area contributed by atoms with Crippen LogP contribution in [0.25, 0.3) is 0 Å². The van der Waals surface area contributed by atoms with Gasteiger partial charge in [0.15, 0.2) is 0 Å². The van der Waals surface area contributed by atoms with E-state index in [4.69, 9.17) is 5.73 Å².